The summed E-state index contributed by atoms with van der Waals surface area (Å²) in [6, 6.07) is 13.9. The van der Waals surface area contributed by atoms with Crippen molar-refractivity contribution >= 4 is 17.6 Å². The van der Waals surface area contributed by atoms with Crippen LogP contribution in [0.1, 0.15) is 5.56 Å². The second-order valence-electron chi connectivity index (χ2n) is 7.33. The van der Waals surface area contributed by atoms with E-state index in [1.165, 1.54) is 0 Å². The highest BCUT2D eigenvalue weighted by Gasteiger charge is 2.08. The minimum atomic E-state index is 0.576. The van der Waals surface area contributed by atoms with Gasteiger partial charge in [0.1, 0.15) is 0 Å². The van der Waals surface area contributed by atoms with Crippen LogP contribution in [0.15, 0.2) is 47.5 Å². The number of benzene rings is 2. The average Bonchev–Trinajstić information content (AvgIpc) is 2.87. The van der Waals surface area contributed by atoms with Crippen LogP contribution in [0.5, 0.6) is 11.5 Å². The van der Waals surface area contributed by atoms with Crippen molar-refractivity contribution in [1.29, 1.82) is 0 Å². The molecule has 0 N–H and O–H groups in total. The third-order valence-corrected chi connectivity index (χ3v) is 5.11. The fraction of sp³-hybridized carbons (Fsp3) is 0.480. The van der Waals surface area contributed by atoms with Crippen LogP contribution in [-0.2, 0) is 18.9 Å². The molecule has 1 aliphatic heterocycles. The zero-order valence-electron chi connectivity index (χ0n) is 19.5. The molecule has 0 unspecified atom stereocenters. The summed E-state index contributed by atoms with van der Waals surface area (Å²) in [5.41, 5.74) is 2.90. The molecule has 0 spiro atoms. The van der Waals surface area contributed by atoms with Crippen molar-refractivity contribution in [3.63, 3.8) is 0 Å². The molecular formula is C25H34N2O6. The monoisotopic (exact) mass is 458 g/mol. The number of hydrogen-bond acceptors (Lipinski definition) is 8. The van der Waals surface area contributed by atoms with Gasteiger partial charge in [-0.15, -0.1) is 0 Å². The van der Waals surface area contributed by atoms with Crippen molar-refractivity contribution in [2.75, 3.05) is 85.1 Å². The summed E-state index contributed by atoms with van der Waals surface area (Å²) in [5.74, 6) is 1.37. The van der Waals surface area contributed by atoms with E-state index in [4.69, 9.17) is 28.4 Å². The summed E-state index contributed by atoms with van der Waals surface area (Å²) in [6.07, 6.45) is 1.81. The highest BCUT2D eigenvalue weighted by molar-refractivity contribution is 5.83. The van der Waals surface area contributed by atoms with E-state index in [0.29, 0.717) is 64.4 Å². The summed E-state index contributed by atoms with van der Waals surface area (Å²) < 4.78 is 33.0. The zero-order chi connectivity index (χ0) is 23.1. The second kappa shape index (κ2) is 14.5. The highest BCUT2D eigenvalue weighted by atomic mass is 16.6. The van der Waals surface area contributed by atoms with Crippen LogP contribution in [0.25, 0.3) is 0 Å². The molecule has 2 aromatic rings. The quantitative estimate of drug-likeness (QED) is 0.637. The lowest BCUT2D eigenvalue weighted by Crippen LogP contribution is -2.31. The molecule has 2 aromatic carbocycles. The predicted octanol–water partition coefficient (Wildman–Crippen LogP) is 3.34. The van der Waals surface area contributed by atoms with Gasteiger partial charge in [0.25, 0.3) is 0 Å². The Hall–Kier alpha value is -2.65. The molecule has 3 rings (SSSR count). The van der Waals surface area contributed by atoms with Crippen molar-refractivity contribution in [2.24, 2.45) is 4.99 Å². The number of anilines is 1. The first kappa shape index (κ1) is 25.0. The molecule has 33 heavy (non-hydrogen) atoms. The number of ether oxygens (including phenoxy) is 6. The third-order valence-electron chi connectivity index (χ3n) is 5.11. The van der Waals surface area contributed by atoms with E-state index in [9.17, 15) is 0 Å². The first-order valence-electron chi connectivity index (χ1n) is 11.2. The molecule has 8 heteroatoms. The smallest absolute Gasteiger partial charge is 0.161 e. The maximum Gasteiger partial charge on any atom is 0.161 e. The molecule has 1 heterocycles. The van der Waals surface area contributed by atoms with Crippen LogP contribution >= 0.6 is 0 Å². The molecule has 0 radical (unpaired) electrons. The molecule has 1 saturated heterocycles. The van der Waals surface area contributed by atoms with E-state index in [-0.39, 0.29) is 0 Å². The van der Waals surface area contributed by atoms with Crippen molar-refractivity contribution in [3.05, 3.63) is 48.0 Å². The van der Waals surface area contributed by atoms with Gasteiger partial charge < -0.3 is 33.3 Å². The van der Waals surface area contributed by atoms with Crippen LogP contribution in [0.3, 0.4) is 0 Å². The summed E-state index contributed by atoms with van der Waals surface area (Å²) >= 11 is 0. The van der Waals surface area contributed by atoms with Gasteiger partial charge >= 0.3 is 0 Å². The first-order valence-corrected chi connectivity index (χ1v) is 11.2. The lowest BCUT2D eigenvalue weighted by atomic mass is 10.2. The van der Waals surface area contributed by atoms with Crippen LogP contribution in [0.4, 0.5) is 11.4 Å². The lowest BCUT2D eigenvalue weighted by molar-refractivity contribution is 0.00206. The maximum absolute atomic E-state index is 5.72. The van der Waals surface area contributed by atoms with Gasteiger partial charge in [0.05, 0.1) is 72.8 Å². The number of methoxy groups -OCH3 is 2. The van der Waals surface area contributed by atoms with Gasteiger partial charge in [-0.1, -0.05) is 0 Å². The number of nitrogens with zero attached hydrogens (tertiary/aromatic N) is 2. The Balaban J connectivity index is 1.60. The summed E-state index contributed by atoms with van der Waals surface area (Å²) in [6.45, 7) is 6.26. The van der Waals surface area contributed by atoms with E-state index >= 15 is 0 Å². The topological polar surface area (TPSA) is 71.0 Å². The summed E-state index contributed by atoms with van der Waals surface area (Å²) in [4.78, 5) is 6.84. The van der Waals surface area contributed by atoms with E-state index in [2.05, 4.69) is 22.0 Å². The Morgan fingerprint density at radius 2 is 1.24 bits per heavy atom. The van der Waals surface area contributed by atoms with Crippen molar-refractivity contribution in [1.82, 2.24) is 0 Å². The van der Waals surface area contributed by atoms with E-state index < -0.39 is 0 Å². The van der Waals surface area contributed by atoms with Gasteiger partial charge in [0, 0.05) is 25.0 Å². The number of aliphatic imine (C=N–C) groups is 1. The maximum atomic E-state index is 5.72. The number of rotatable bonds is 5. The van der Waals surface area contributed by atoms with Crippen LogP contribution < -0.4 is 14.4 Å². The van der Waals surface area contributed by atoms with Gasteiger partial charge in [-0.2, -0.15) is 0 Å². The molecule has 180 valence electrons. The fourth-order valence-corrected chi connectivity index (χ4v) is 3.31. The highest BCUT2D eigenvalue weighted by Crippen LogP contribution is 2.27. The van der Waals surface area contributed by atoms with E-state index in [1.807, 2.05) is 36.5 Å². The summed E-state index contributed by atoms with van der Waals surface area (Å²) in [5, 5.41) is 0. The Kier molecular flexibility index (Phi) is 11.0. The Bertz CT molecular complexity index is 827. The molecule has 1 aliphatic rings. The van der Waals surface area contributed by atoms with Gasteiger partial charge in [0.15, 0.2) is 11.5 Å². The summed E-state index contributed by atoms with van der Waals surface area (Å²) in [7, 11) is 3.24. The van der Waals surface area contributed by atoms with E-state index in [1.54, 1.807) is 14.2 Å². The normalized spacial score (nSPS) is 17.3. The molecule has 0 amide bonds. The second-order valence-corrected chi connectivity index (χ2v) is 7.33. The van der Waals surface area contributed by atoms with Gasteiger partial charge in [-0.05, 0) is 48.0 Å². The molecule has 1 fully saturated rings. The van der Waals surface area contributed by atoms with Crippen LogP contribution in [-0.4, -0.2) is 86.4 Å². The Labute approximate surface area is 196 Å². The van der Waals surface area contributed by atoms with Crippen molar-refractivity contribution in [2.45, 2.75) is 0 Å². The van der Waals surface area contributed by atoms with Crippen LogP contribution in [0.2, 0.25) is 0 Å². The average molecular weight is 459 g/mol. The largest absolute Gasteiger partial charge is 0.493 e. The molecular weight excluding hydrogens is 424 g/mol. The van der Waals surface area contributed by atoms with Gasteiger partial charge in [-0.3, -0.25) is 4.99 Å². The predicted molar refractivity (Wildman–Crippen MR) is 129 cm³/mol. The van der Waals surface area contributed by atoms with Crippen LogP contribution in [0, 0.1) is 0 Å². The zero-order valence-corrected chi connectivity index (χ0v) is 19.5. The molecule has 0 saturated carbocycles. The van der Waals surface area contributed by atoms with Crippen molar-refractivity contribution in [3.8, 4) is 11.5 Å². The molecule has 0 aliphatic carbocycles. The Morgan fingerprint density at radius 1 is 0.697 bits per heavy atom. The van der Waals surface area contributed by atoms with Crippen molar-refractivity contribution < 1.29 is 28.4 Å². The fourth-order valence-electron chi connectivity index (χ4n) is 3.31. The first-order chi connectivity index (χ1) is 16.3. The molecule has 8 nitrogen and oxygen atoms in total. The number of hydrogen-bond donors (Lipinski definition) is 0. The molecule has 0 aromatic heterocycles. The van der Waals surface area contributed by atoms with Gasteiger partial charge in [0.2, 0.25) is 0 Å². The lowest BCUT2D eigenvalue weighted by Gasteiger charge is -2.25. The minimum absolute atomic E-state index is 0.576. The third kappa shape index (κ3) is 8.66. The SMILES string of the molecule is COc1ccc(C=Nc2ccc(N3CCOCCOCCOCCOCC3)cc2)cc1OC. The van der Waals surface area contributed by atoms with Gasteiger partial charge in [-0.25, -0.2) is 0 Å². The minimum Gasteiger partial charge on any atom is -0.493 e. The van der Waals surface area contributed by atoms with E-state index in [0.717, 1.165) is 30.0 Å². The Morgan fingerprint density at radius 3 is 1.79 bits per heavy atom. The molecule has 0 bridgehead atoms. The standard InChI is InChI=1S/C25H34N2O6/c1-28-24-8-3-21(19-25(24)29-2)20-26-22-4-6-23(7-5-22)27-9-11-30-13-15-32-17-18-33-16-14-31-12-10-27/h3-8,19-20H,9-18H2,1-2H3. The molecule has 0 atom stereocenters.